The van der Waals surface area contributed by atoms with Crippen LogP contribution >= 0.6 is 0 Å². The second-order valence-electron chi connectivity index (χ2n) is 10.4. The number of benzene rings is 2. The second-order valence-corrected chi connectivity index (χ2v) is 10.4. The Hall–Kier alpha value is -4.53. The minimum absolute atomic E-state index is 0.521. The number of rotatable bonds is 4. The third-order valence-corrected chi connectivity index (χ3v) is 7.34. The Kier molecular flexibility index (Phi) is 4.91. The van der Waals surface area contributed by atoms with Crippen LogP contribution in [0.4, 0.5) is 0 Å². The molecule has 0 bridgehead atoms. The van der Waals surface area contributed by atoms with Gasteiger partial charge in [0.1, 0.15) is 5.69 Å². The van der Waals surface area contributed by atoms with E-state index in [4.69, 9.17) is 15.8 Å². The van der Waals surface area contributed by atoms with Gasteiger partial charge in [-0.05, 0) is 61.2 Å². The van der Waals surface area contributed by atoms with Crippen LogP contribution in [0.15, 0.2) is 97.6 Å². The van der Waals surface area contributed by atoms with Crippen molar-refractivity contribution < 1.29 is 9.51 Å². The molecular weight excluding hydrogens is 474 g/mol. The van der Waals surface area contributed by atoms with E-state index in [1.54, 1.807) is 18.5 Å². The summed E-state index contributed by atoms with van der Waals surface area (Å²) in [6, 6.07) is 24.2. The van der Waals surface area contributed by atoms with Crippen molar-refractivity contribution in [3.8, 4) is 28.5 Å². The Balaban J connectivity index is 1.44. The van der Waals surface area contributed by atoms with Crippen LogP contribution < -0.4 is 10.1 Å². The van der Waals surface area contributed by atoms with Gasteiger partial charge in [-0.2, -0.15) is 4.40 Å². The van der Waals surface area contributed by atoms with Gasteiger partial charge in [0.25, 0.3) is 5.65 Å². The Bertz CT molecular complexity index is 1790. The third kappa shape index (κ3) is 3.65. The highest BCUT2D eigenvalue weighted by Crippen LogP contribution is 2.46. The Labute approximate surface area is 219 Å². The van der Waals surface area contributed by atoms with Gasteiger partial charge in [-0.3, -0.25) is 4.98 Å². The van der Waals surface area contributed by atoms with E-state index < -0.39 is 11.1 Å². The molecule has 8 nitrogen and oxygen atoms in total. The summed E-state index contributed by atoms with van der Waals surface area (Å²) in [6.07, 6.45) is 8.36. The van der Waals surface area contributed by atoms with Crippen LogP contribution in [0.5, 0.6) is 0 Å². The van der Waals surface area contributed by atoms with Crippen molar-refractivity contribution in [1.82, 2.24) is 24.7 Å². The molecule has 8 heteroatoms. The van der Waals surface area contributed by atoms with Crippen molar-refractivity contribution in [3.63, 3.8) is 0 Å². The molecule has 1 aliphatic carbocycles. The number of aliphatic hydroxyl groups is 1. The van der Waals surface area contributed by atoms with Gasteiger partial charge in [0.05, 0.1) is 27.8 Å². The smallest absolute Gasteiger partial charge is 0.351 e. The summed E-state index contributed by atoms with van der Waals surface area (Å²) in [6.45, 7) is 1.83. The molecule has 0 saturated heterocycles. The van der Waals surface area contributed by atoms with Gasteiger partial charge in [0.2, 0.25) is 5.82 Å². The van der Waals surface area contributed by atoms with Crippen LogP contribution in [0.3, 0.4) is 0 Å². The molecule has 0 atom stereocenters. The highest BCUT2D eigenvalue weighted by Gasteiger charge is 2.49. The topological polar surface area (TPSA) is 107 Å². The number of pyridine rings is 2. The van der Waals surface area contributed by atoms with Crippen molar-refractivity contribution in [3.05, 3.63) is 103 Å². The summed E-state index contributed by atoms with van der Waals surface area (Å²) >= 11 is 0. The fraction of sp³-hybridized carbons (Fsp3) is 0.167. The first kappa shape index (κ1) is 22.7. The van der Waals surface area contributed by atoms with Gasteiger partial charge in [-0.25, -0.2) is 9.97 Å². The molecule has 1 saturated carbocycles. The van der Waals surface area contributed by atoms with Gasteiger partial charge >= 0.3 is 5.82 Å². The van der Waals surface area contributed by atoms with Crippen LogP contribution in [-0.2, 0) is 5.54 Å². The van der Waals surface area contributed by atoms with E-state index >= 15 is 0 Å². The van der Waals surface area contributed by atoms with Crippen LogP contribution in [0, 0.1) is 0 Å². The molecular formula is C30H26N7O+. The second kappa shape index (κ2) is 8.24. The minimum Gasteiger partial charge on any atom is -0.390 e. The van der Waals surface area contributed by atoms with Gasteiger partial charge in [0.15, 0.2) is 0 Å². The summed E-state index contributed by atoms with van der Waals surface area (Å²) in [7, 11) is 0. The first-order chi connectivity index (χ1) is 18.4. The molecule has 1 aliphatic rings. The third-order valence-electron chi connectivity index (χ3n) is 7.34. The largest absolute Gasteiger partial charge is 0.390 e. The van der Waals surface area contributed by atoms with E-state index in [1.807, 2.05) is 76.9 Å². The molecule has 4 heterocycles. The predicted molar refractivity (Wildman–Crippen MR) is 144 cm³/mol. The molecule has 3 N–H and O–H groups in total. The maximum absolute atomic E-state index is 10.3. The standard InChI is InChI=1S/C30H26N7O/c1-29(38)18-30(31,19-29)22-8-10-23(11-9-22)37-28-24-16-21(20-6-3-2-4-7-20)17-34-25(24)12-15-36(28)27(35-37)26-32-13-5-14-33-26/h2-17,38H,18-19,31H2,1H3/q+1. The first-order valence-electron chi connectivity index (χ1n) is 12.6. The molecule has 0 amide bonds. The van der Waals surface area contributed by atoms with Crippen molar-refractivity contribution in [2.75, 3.05) is 0 Å². The fourth-order valence-corrected chi connectivity index (χ4v) is 5.69. The lowest BCUT2D eigenvalue weighted by molar-refractivity contribution is -0.499. The molecule has 1 fully saturated rings. The number of hydrogen-bond donors (Lipinski definition) is 2. The van der Waals surface area contributed by atoms with Crippen molar-refractivity contribution in [1.29, 1.82) is 0 Å². The van der Waals surface area contributed by atoms with Crippen molar-refractivity contribution >= 4 is 16.6 Å². The Morgan fingerprint density at radius 1 is 0.895 bits per heavy atom. The molecule has 38 heavy (non-hydrogen) atoms. The predicted octanol–water partition coefficient (Wildman–Crippen LogP) is 3.98. The summed E-state index contributed by atoms with van der Waals surface area (Å²) in [5, 5.41) is 16.2. The minimum atomic E-state index is -0.713. The lowest BCUT2D eigenvalue weighted by atomic mass is 9.63. The zero-order chi connectivity index (χ0) is 25.9. The lowest BCUT2D eigenvalue weighted by Crippen LogP contribution is -2.58. The van der Waals surface area contributed by atoms with Crippen LogP contribution in [0.1, 0.15) is 25.3 Å². The summed E-state index contributed by atoms with van der Waals surface area (Å²) in [4.78, 5) is 13.7. The molecule has 2 aromatic carbocycles. The molecule has 186 valence electrons. The van der Waals surface area contributed by atoms with Gasteiger partial charge in [-0.1, -0.05) is 47.1 Å². The van der Waals surface area contributed by atoms with Gasteiger partial charge in [0, 0.05) is 29.7 Å². The maximum Gasteiger partial charge on any atom is 0.351 e. The summed E-state index contributed by atoms with van der Waals surface area (Å²) in [5.74, 6) is 1.16. The Morgan fingerprint density at radius 3 is 2.34 bits per heavy atom. The van der Waals surface area contributed by atoms with Gasteiger partial charge < -0.3 is 10.8 Å². The average molecular weight is 501 g/mol. The molecule has 0 unspecified atom stereocenters. The number of nitrogens with zero attached hydrogens (tertiary/aromatic N) is 6. The molecule has 4 aromatic heterocycles. The number of nitrogens with two attached hydrogens (primary N) is 1. The SMILES string of the molecule is CC1(O)CC(N)(c2ccc(-n3nc(-c4ncccn4)[n+]4ccc5ncc(-c6ccccc6)cc5c34)cc2)C1. The van der Waals surface area contributed by atoms with Crippen LogP contribution in [-0.4, -0.2) is 35.4 Å². The van der Waals surface area contributed by atoms with E-state index in [1.165, 1.54) is 0 Å². The van der Waals surface area contributed by atoms with E-state index in [2.05, 4.69) is 28.2 Å². The molecule has 6 aromatic rings. The zero-order valence-electron chi connectivity index (χ0n) is 20.9. The highest BCUT2D eigenvalue weighted by atomic mass is 16.3. The molecule has 0 radical (unpaired) electrons. The monoisotopic (exact) mass is 500 g/mol. The summed E-state index contributed by atoms with van der Waals surface area (Å²) < 4.78 is 3.92. The average Bonchev–Trinajstić information content (AvgIpc) is 3.33. The van der Waals surface area contributed by atoms with E-state index in [0.717, 1.165) is 38.9 Å². The highest BCUT2D eigenvalue weighted by molar-refractivity contribution is 5.93. The summed E-state index contributed by atoms with van der Waals surface area (Å²) in [5.41, 5.74) is 11.1. The van der Waals surface area contributed by atoms with Crippen LogP contribution in [0.2, 0.25) is 0 Å². The Morgan fingerprint density at radius 2 is 1.63 bits per heavy atom. The van der Waals surface area contributed by atoms with Crippen molar-refractivity contribution in [2.24, 2.45) is 5.73 Å². The number of hydrogen-bond acceptors (Lipinski definition) is 6. The lowest BCUT2D eigenvalue weighted by Gasteiger charge is -2.49. The quantitative estimate of drug-likeness (QED) is 0.355. The number of aromatic nitrogens is 6. The fourth-order valence-electron chi connectivity index (χ4n) is 5.69. The van der Waals surface area contributed by atoms with Gasteiger partial charge in [-0.15, -0.1) is 0 Å². The number of fused-ring (bicyclic) bond motifs is 3. The maximum atomic E-state index is 10.3. The van der Waals surface area contributed by atoms with Crippen molar-refractivity contribution in [2.45, 2.75) is 30.9 Å². The first-order valence-corrected chi connectivity index (χ1v) is 12.6. The normalized spacial score (nSPS) is 21.0. The molecule has 7 rings (SSSR count). The van der Waals surface area contributed by atoms with E-state index in [0.29, 0.717) is 24.5 Å². The molecule has 0 aliphatic heterocycles. The van der Waals surface area contributed by atoms with E-state index in [9.17, 15) is 5.11 Å². The van der Waals surface area contributed by atoms with Crippen LogP contribution in [0.25, 0.3) is 45.0 Å². The molecule has 0 spiro atoms. The zero-order valence-corrected chi connectivity index (χ0v) is 20.9. The van der Waals surface area contributed by atoms with E-state index in [-0.39, 0.29) is 0 Å².